The molecule has 0 atom stereocenters. The fourth-order valence-corrected chi connectivity index (χ4v) is 2.30. The lowest BCUT2D eigenvalue weighted by Gasteiger charge is -2.08. The third-order valence-corrected chi connectivity index (χ3v) is 3.39. The van der Waals surface area contributed by atoms with Gasteiger partial charge in [-0.1, -0.05) is 17.7 Å². The molecule has 3 aromatic rings. The Kier molecular flexibility index (Phi) is 3.68. The molecule has 112 valence electrons. The fraction of sp³-hybridized carbons (Fsp3) is 0.133. The van der Waals surface area contributed by atoms with E-state index in [1.165, 1.54) is 14.2 Å². The van der Waals surface area contributed by atoms with Gasteiger partial charge in [-0.2, -0.15) is 4.98 Å². The molecule has 0 aliphatic rings. The number of benzene rings is 1. The average molecular weight is 319 g/mol. The first-order valence-electron chi connectivity index (χ1n) is 6.33. The second-order valence-electron chi connectivity index (χ2n) is 4.35. The molecule has 2 aromatic heterocycles. The molecular formula is C15H11ClN2O4. The molecule has 0 saturated carbocycles. The number of methoxy groups -OCH3 is 2. The molecule has 22 heavy (non-hydrogen) atoms. The lowest BCUT2D eigenvalue weighted by molar-refractivity contribution is 0.364. The summed E-state index contributed by atoms with van der Waals surface area (Å²) in [5.41, 5.74) is 0.322. The molecule has 0 unspecified atom stereocenters. The highest BCUT2D eigenvalue weighted by molar-refractivity contribution is 6.35. The molecule has 0 amide bonds. The van der Waals surface area contributed by atoms with Crippen molar-refractivity contribution in [1.82, 2.24) is 9.97 Å². The van der Waals surface area contributed by atoms with E-state index in [0.717, 1.165) is 0 Å². The van der Waals surface area contributed by atoms with E-state index in [9.17, 15) is 4.79 Å². The monoisotopic (exact) mass is 318 g/mol. The van der Waals surface area contributed by atoms with Gasteiger partial charge in [0.2, 0.25) is 17.7 Å². The van der Waals surface area contributed by atoms with Crippen LogP contribution in [-0.4, -0.2) is 24.2 Å². The fourth-order valence-electron chi connectivity index (χ4n) is 2.05. The van der Waals surface area contributed by atoms with Gasteiger partial charge in [-0.05, 0) is 18.2 Å². The predicted octanol–water partition coefficient (Wildman–Crippen LogP) is 2.92. The minimum absolute atomic E-state index is 0.103. The largest absolute Gasteiger partial charge is 0.481 e. The lowest BCUT2D eigenvalue weighted by atomic mass is 10.2. The zero-order chi connectivity index (χ0) is 15.7. The molecule has 0 N–H and O–H groups in total. The summed E-state index contributed by atoms with van der Waals surface area (Å²) in [5.74, 6) is 0.731. The van der Waals surface area contributed by atoms with Gasteiger partial charge in [-0.25, -0.2) is 9.78 Å². The van der Waals surface area contributed by atoms with E-state index in [-0.39, 0.29) is 17.2 Å². The first kappa shape index (κ1) is 14.3. The van der Waals surface area contributed by atoms with Crippen molar-refractivity contribution in [3.8, 4) is 23.2 Å². The number of ether oxygens (including phenoxy) is 2. The number of halogens is 1. The zero-order valence-corrected chi connectivity index (χ0v) is 12.5. The molecular weight excluding hydrogens is 308 g/mol. The quantitative estimate of drug-likeness (QED) is 0.739. The second kappa shape index (κ2) is 5.65. The third-order valence-electron chi connectivity index (χ3n) is 3.07. The summed E-state index contributed by atoms with van der Waals surface area (Å²) in [6, 6.07) is 8.29. The van der Waals surface area contributed by atoms with Crippen LogP contribution in [0.5, 0.6) is 11.8 Å². The Labute approximate surface area is 130 Å². The molecule has 6 nitrogen and oxygen atoms in total. The van der Waals surface area contributed by atoms with Crippen LogP contribution in [0.2, 0.25) is 5.02 Å². The molecule has 0 saturated heterocycles. The number of fused-ring (bicyclic) bond motifs is 1. The van der Waals surface area contributed by atoms with E-state index < -0.39 is 5.63 Å². The summed E-state index contributed by atoms with van der Waals surface area (Å²) in [5, 5.41) is 0.540. The first-order valence-corrected chi connectivity index (χ1v) is 6.70. The first-order chi connectivity index (χ1) is 10.6. The summed E-state index contributed by atoms with van der Waals surface area (Å²) in [6.07, 6.45) is 0. The number of rotatable bonds is 3. The summed E-state index contributed by atoms with van der Waals surface area (Å²) in [7, 11) is 2.96. The maximum Gasteiger partial charge on any atom is 0.348 e. The Balaban J connectivity index is 2.25. The van der Waals surface area contributed by atoms with Crippen LogP contribution >= 0.6 is 11.6 Å². The molecule has 0 aliphatic heterocycles. The minimum Gasteiger partial charge on any atom is -0.481 e. The summed E-state index contributed by atoms with van der Waals surface area (Å²) in [4.78, 5) is 20.6. The Morgan fingerprint density at radius 1 is 1.09 bits per heavy atom. The maximum atomic E-state index is 12.1. The van der Waals surface area contributed by atoms with E-state index in [4.69, 9.17) is 25.5 Å². The van der Waals surface area contributed by atoms with Crippen LogP contribution in [0.4, 0.5) is 0 Å². The van der Waals surface area contributed by atoms with Gasteiger partial charge in [0.25, 0.3) is 0 Å². The van der Waals surface area contributed by atoms with Crippen LogP contribution in [0.3, 0.4) is 0 Å². The van der Waals surface area contributed by atoms with Crippen molar-refractivity contribution >= 4 is 22.5 Å². The molecule has 0 fully saturated rings. The van der Waals surface area contributed by atoms with Gasteiger partial charge in [-0.15, -0.1) is 0 Å². The number of hydrogen-bond acceptors (Lipinski definition) is 6. The van der Waals surface area contributed by atoms with Crippen molar-refractivity contribution < 1.29 is 13.9 Å². The van der Waals surface area contributed by atoms with E-state index in [0.29, 0.717) is 22.0 Å². The highest BCUT2D eigenvalue weighted by Crippen LogP contribution is 2.30. The van der Waals surface area contributed by atoms with Gasteiger partial charge in [0.15, 0.2) is 0 Å². The molecule has 0 spiro atoms. The normalized spacial score (nSPS) is 10.7. The predicted molar refractivity (Wildman–Crippen MR) is 81.6 cm³/mol. The van der Waals surface area contributed by atoms with Crippen LogP contribution < -0.4 is 15.1 Å². The van der Waals surface area contributed by atoms with E-state index >= 15 is 0 Å². The molecule has 0 radical (unpaired) electrons. The SMILES string of the molecule is COc1ccc(-c2nc3cccc(Cl)c3c(=O)o2)c(OC)n1. The molecule has 0 aliphatic carbocycles. The number of nitrogens with zero attached hydrogens (tertiary/aromatic N) is 2. The van der Waals surface area contributed by atoms with Gasteiger partial charge >= 0.3 is 5.63 Å². The number of pyridine rings is 1. The van der Waals surface area contributed by atoms with Gasteiger partial charge in [0, 0.05) is 6.07 Å². The summed E-state index contributed by atoms with van der Waals surface area (Å²) in [6.45, 7) is 0. The van der Waals surface area contributed by atoms with Gasteiger partial charge in [0.1, 0.15) is 5.39 Å². The van der Waals surface area contributed by atoms with Crippen LogP contribution in [0.15, 0.2) is 39.5 Å². The van der Waals surface area contributed by atoms with Gasteiger partial charge < -0.3 is 13.9 Å². The number of aromatic nitrogens is 2. The zero-order valence-electron chi connectivity index (χ0n) is 11.8. The molecule has 1 aromatic carbocycles. The second-order valence-corrected chi connectivity index (χ2v) is 4.76. The van der Waals surface area contributed by atoms with E-state index in [1.54, 1.807) is 30.3 Å². The van der Waals surface area contributed by atoms with Crippen LogP contribution in [0, 0.1) is 0 Å². The Bertz CT molecular complexity index is 908. The molecule has 0 bridgehead atoms. The molecule has 2 heterocycles. The van der Waals surface area contributed by atoms with Crippen LogP contribution in [-0.2, 0) is 0 Å². The van der Waals surface area contributed by atoms with Crippen LogP contribution in [0.25, 0.3) is 22.4 Å². The summed E-state index contributed by atoms with van der Waals surface area (Å²) >= 11 is 6.01. The third kappa shape index (κ3) is 2.37. The molecule has 7 heteroatoms. The lowest BCUT2D eigenvalue weighted by Crippen LogP contribution is -2.04. The van der Waals surface area contributed by atoms with Gasteiger partial charge in [0.05, 0.1) is 30.3 Å². The van der Waals surface area contributed by atoms with Crippen LogP contribution in [0.1, 0.15) is 0 Å². The Morgan fingerprint density at radius 2 is 1.91 bits per heavy atom. The van der Waals surface area contributed by atoms with Crippen molar-refractivity contribution in [3.05, 3.63) is 45.8 Å². The van der Waals surface area contributed by atoms with E-state index in [1.807, 2.05) is 0 Å². The standard InChI is InChI=1S/C15H11ClN2O4/c1-20-11-7-6-8(13(18-11)21-2)14-17-10-5-3-4-9(16)12(10)15(19)22-14/h3-7H,1-2H3. The number of hydrogen-bond donors (Lipinski definition) is 0. The van der Waals surface area contributed by atoms with Crippen molar-refractivity contribution in [2.75, 3.05) is 14.2 Å². The minimum atomic E-state index is -0.566. The highest BCUT2D eigenvalue weighted by atomic mass is 35.5. The van der Waals surface area contributed by atoms with Gasteiger partial charge in [-0.3, -0.25) is 0 Å². The maximum absolute atomic E-state index is 12.1. The van der Waals surface area contributed by atoms with Crippen molar-refractivity contribution in [2.24, 2.45) is 0 Å². The summed E-state index contributed by atoms with van der Waals surface area (Å²) < 4.78 is 15.5. The highest BCUT2D eigenvalue weighted by Gasteiger charge is 2.16. The topological polar surface area (TPSA) is 74.5 Å². The smallest absolute Gasteiger partial charge is 0.348 e. The average Bonchev–Trinajstić information content (AvgIpc) is 2.53. The van der Waals surface area contributed by atoms with E-state index in [2.05, 4.69) is 9.97 Å². The van der Waals surface area contributed by atoms with Crippen molar-refractivity contribution in [3.63, 3.8) is 0 Å². The molecule has 3 rings (SSSR count). The van der Waals surface area contributed by atoms with Crippen molar-refractivity contribution in [1.29, 1.82) is 0 Å². The van der Waals surface area contributed by atoms with Crippen molar-refractivity contribution in [2.45, 2.75) is 0 Å². The Hall–Kier alpha value is -2.60. The Morgan fingerprint density at radius 3 is 2.64 bits per heavy atom.